The van der Waals surface area contributed by atoms with Gasteiger partial charge in [-0.05, 0) is 131 Å². The number of fused-ring (bicyclic) bond motifs is 5. The molecule has 0 saturated heterocycles. The Bertz CT molecular complexity index is 1430. The number of rotatable bonds is 9. The molecular weight excluding hydrogens is 661 g/mol. The SMILES string of the molecule is C.CC.CC(C)OOC(C)(C)C.CC12CCC(OC(=O)CCCC=O)CC1=CCC1C2CCC2(C)C(c3cccnc3)=CCC12.NCc1ccccc1. The lowest BCUT2D eigenvalue weighted by Gasteiger charge is -2.57. The molecule has 1 aromatic carbocycles. The predicted octanol–water partition coefficient (Wildman–Crippen LogP) is 11.3. The van der Waals surface area contributed by atoms with Crippen molar-refractivity contribution < 1.29 is 24.1 Å². The first-order valence-corrected chi connectivity index (χ1v) is 19.8. The Balaban J connectivity index is 0.000000401. The normalized spacial score (nSPS) is 26.8. The van der Waals surface area contributed by atoms with Gasteiger partial charge in [0.2, 0.25) is 0 Å². The second-order valence-corrected chi connectivity index (χ2v) is 16.3. The lowest BCUT2D eigenvalue weighted by Crippen LogP contribution is -2.50. The van der Waals surface area contributed by atoms with Crippen molar-refractivity contribution in [3.63, 3.8) is 0 Å². The number of hydrogen-bond acceptors (Lipinski definition) is 7. The van der Waals surface area contributed by atoms with E-state index in [-0.39, 0.29) is 42.0 Å². The van der Waals surface area contributed by atoms with E-state index in [9.17, 15) is 9.59 Å². The molecule has 2 saturated carbocycles. The quantitative estimate of drug-likeness (QED) is 0.0684. The van der Waals surface area contributed by atoms with Crippen LogP contribution in [0.25, 0.3) is 5.57 Å². The van der Waals surface area contributed by atoms with Gasteiger partial charge in [0.05, 0.1) is 11.7 Å². The molecule has 2 N–H and O–H groups in total. The van der Waals surface area contributed by atoms with Gasteiger partial charge in [-0.25, -0.2) is 9.78 Å². The third-order valence-corrected chi connectivity index (χ3v) is 11.2. The first-order chi connectivity index (χ1) is 24.8. The second kappa shape index (κ2) is 21.7. The molecular formula is C46H72N2O5. The summed E-state index contributed by atoms with van der Waals surface area (Å²) in [6.45, 7) is 19.4. The number of nitrogens with two attached hydrogens (primary N) is 1. The lowest BCUT2D eigenvalue weighted by atomic mass is 9.47. The van der Waals surface area contributed by atoms with Crippen LogP contribution in [0.4, 0.5) is 0 Å². The van der Waals surface area contributed by atoms with Gasteiger partial charge in [0, 0.05) is 38.2 Å². The van der Waals surface area contributed by atoms with Crippen LogP contribution in [-0.2, 0) is 30.6 Å². The second-order valence-electron chi connectivity index (χ2n) is 16.3. The van der Waals surface area contributed by atoms with Crippen molar-refractivity contribution in [2.45, 2.75) is 158 Å². The van der Waals surface area contributed by atoms with Crippen molar-refractivity contribution in [1.29, 1.82) is 0 Å². The van der Waals surface area contributed by atoms with E-state index in [1.807, 2.05) is 91.2 Å². The number of esters is 1. The highest BCUT2D eigenvalue weighted by atomic mass is 17.2. The van der Waals surface area contributed by atoms with E-state index in [1.54, 1.807) is 0 Å². The van der Waals surface area contributed by atoms with Crippen molar-refractivity contribution in [2.24, 2.45) is 34.3 Å². The minimum Gasteiger partial charge on any atom is -0.462 e. The van der Waals surface area contributed by atoms with E-state index >= 15 is 0 Å². The fraction of sp³-hybridized carbons (Fsp3) is 0.630. The molecule has 0 radical (unpaired) electrons. The zero-order chi connectivity index (χ0) is 38.4. The predicted molar refractivity (Wildman–Crippen MR) is 219 cm³/mol. The highest BCUT2D eigenvalue weighted by Gasteiger charge is 2.57. The zero-order valence-corrected chi connectivity index (χ0v) is 33.7. The number of unbranched alkanes of at least 4 members (excludes halogenated alkanes) is 1. The summed E-state index contributed by atoms with van der Waals surface area (Å²) in [7, 11) is 0. The number of nitrogens with zero attached hydrogens (tertiary/aromatic N) is 1. The van der Waals surface area contributed by atoms with Crippen LogP contribution in [-0.4, -0.2) is 35.0 Å². The number of benzene rings is 1. The van der Waals surface area contributed by atoms with Gasteiger partial charge in [0.1, 0.15) is 12.4 Å². The molecule has 0 spiro atoms. The summed E-state index contributed by atoms with van der Waals surface area (Å²) >= 11 is 0. The molecule has 1 aromatic heterocycles. The number of allylic oxidation sites excluding steroid dienone is 3. The van der Waals surface area contributed by atoms with E-state index < -0.39 is 0 Å². The molecule has 0 bridgehead atoms. The molecule has 6 rings (SSSR count). The molecule has 7 heteroatoms. The van der Waals surface area contributed by atoms with Crippen LogP contribution in [0.1, 0.15) is 145 Å². The van der Waals surface area contributed by atoms with Gasteiger partial charge in [0.25, 0.3) is 0 Å². The topological polar surface area (TPSA) is 101 Å². The Morgan fingerprint density at radius 3 is 2.25 bits per heavy atom. The van der Waals surface area contributed by atoms with E-state index in [4.69, 9.17) is 20.2 Å². The van der Waals surface area contributed by atoms with Gasteiger partial charge in [-0.15, -0.1) is 0 Å². The first-order valence-electron chi connectivity index (χ1n) is 19.8. The number of hydrogen-bond donors (Lipinski definition) is 1. The van der Waals surface area contributed by atoms with Crippen LogP contribution in [0.3, 0.4) is 0 Å². The fourth-order valence-electron chi connectivity index (χ4n) is 8.69. The number of carbonyl (C=O) groups excluding carboxylic acids is 2. The fourth-order valence-corrected chi connectivity index (χ4v) is 8.69. The molecule has 0 amide bonds. The molecule has 4 aliphatic rings. The average molecular weight is 733 g/mol. The standard InChI is InChI=1S/C29H37NO3.C7H9N.C7H16O2.C2H6.CH4/c1-28-14-12-22(33-27(32)7-3-4-17-31)18-21(28)8-9-23-25-11-10-24(20-6-5-16-30-19-20)29(25,2)15-13-26(23)28;8-6-7-4-2-1-3-5-7;1-6(2)8-9-7(3,4)5;1-2;/h5-6,8,10,16-17,19,22-23,25-26H,3-4,7,9,11-15,18H2,1-2H3;1-5H,6,8H2;6H,1-5H3;1-2H3;1H4. The van der Waals surface area contributed by atoms with Crippen LogP contribution in [0.5, 0.6) is 0 Å². The average Bonchev–Trinajstić information content (AvgIpc) is 3.50. The minimum atomic E-state index is -0.190. The molecule has 6 atom stereocenters. The molecule has 7 nitrogen and oxygen atoms in total. The maximum atomic E-state index is 12.2. The van der Waals surface area contributed by atoms with Gasteiger partial charge >= 0.3 is 5.97 Å². The van der Waals surface area contributed by atoms with Crippen LogP contribution in [0.15, 0.2) is 72.6 Å². The third-order valence-electron chi connectivity index (χ3n) is 11.2. The largest absolute Gasteiger partial charge is 0.462 e. The summed E-state index contributed by atoms with van der Waals surface area (Å²) in [5.41, 5.74) is 11.2. The monoisotopic (exact) mass is 733 g/mol. The van der Waals surface area contributed by atoms with E-state index in [2.05, 4.69) is 43.1 Å². The highest BCUT2D eigenvalue weighted by molar-refractivity contribution is 5.72. The van der Waals surface area contributed by atoms with Gasteiger partial charge < -0.3 is 15.3 Å². The highest BCUT2D eigenvalue weighted by Crippen LogP contribution is 2.66. The maximum Gasteiger partial charge on any atom is 0.306 e. The summed E-state index contributed by atoms with van der Waals surface area (Å²) in [5, 5.41) is 0. The Hall–Kier alpha value is -3.13. The Morgan fingerprint density at radius 2 is 1.68 bits per heavy atom. The molecule has 4 aliphatic carbocycles. The third kappa shape index (κ3) is 12.7. The number of aldehydes is 1. The number of aromatic nitrogens is 1. The van der Waals surface area contributed by atoms with Crippen LogP contribution in [0.2, 0.25) is 0 Å². The Labute approximate surface area is 322 Å². The lowest BCUT2D eigenvalue weighted by molar-refractivity contribution is -0.367. The molecule has 1 heterocycles. The molecule has 53 heavy (non-hydrogen) atoms. The summed E-state index contributed by atoms with van der Waals surface area (Å²) in [4.78, 5) is 37.0. The molecule has 296 valence electrons. The minimum absolute atomic E-state index is 0. The van der Waals surface area contributed by atoms with Gasteiger partial charge in [-0.1, -0.05) is 89.2 Å². The maximum absolute atomic E-state index is 12.2. The van der Waals surface area contributed by atoms with E-state index in [1.165, 1.54) is 41.5 Å². The molecule has 2 aromatic rings. The van der Waals surface area contributed by atoms with Crippen LogP contribution < -0.4 is 5.73 Å². The summed E-state index contributed by atoms with van der Waals surface area (Å²) in [5.74, 6) is 2.01. The first kappa shape index (κ1) is 46.0. The summed E-state index contributed by atoms with van der Waals surface area (Å²) in [6, 6.07) is 14.3. The van der Waals surface area contributed by atoms with Crippen LogP contribution in [0, 0.1) is 28.6 Å². The van der Waals surface area contributed by atoms with E-state index in [0.29, 0.717) is 31.7 Å². The molecule has 2 fully saturated rings. The van der Waals surface area contributed by atoms with Crippen molar-refractivity contribution in [3.8, 4) is 0 Å². The van der Waals surface area contributed by atoms with Crippen LogP contribution >= 0.6 is 0 Å². The van der Waals surface area contributed by atoms with E-state index in [0.717, 1.165) is 43.8 Å². The van der Waals surface area contributed by atoms with Crippen molar-refractivity contribution in [3.05, 3.63) is 83.7 Å². The van der Waals surface area contributed by atoms with Crippen molar-refractivity contribution >= 4 is 17.8 Å². The number of ether oxygens (including phenoxy) is 1. The summed E-state index contributed by atoms with van der Waals surface area (Å²) in [6.07, 6.45) is 19.1. The Morgan fingerprint density at radius 1 is 0.981 bits per heavy atom. The Kier molecular flexibility index (Phi) is 18.8. The molecule has 0 aliphatic heterocycles. The van der Waals surface area contributed by atoms with Gasteiger partial charge in [-0.3, -0.25) is 9.78 Å². The number of carbonyl (C=O) groups is 2. The smallest absolute Gasteiger partial charge is 0.306 e. The van der Waals surface area contributed by atoms with Gasteiger partial charge in [0.15, 0.2) is 0 Å². The van der Waals surface area contributed by atoms with Crippen molar-refractivity contribution in [1.82, 2.24) is 4.98 Å². The summed E-state index contributed by atoms with van der Waals surface area (Å²) < 4.78 is 5.81. The number of pyridine rings is 1. The molecule has 6 unspecified atom stereocenters. The van der Waals surface area contributed by atoms with Gasteiger partial charge in [-0.2, -0.15) is 0 Å². The van der Waals surface area contributed by atoms with Crippen molar-refractivity contribution in [2.75, 3.05) is 0 Å². The zero-order valence-electron chi connectivity index (χ0n) is 33.7.